The molecule has 0 spiro atoms. The van der Waals surface area contributed by atoms with Gasteiger partial charge in [0.1, 0.15) is 24.0 Å². The summed E-state index contributed by atoms with van der Waals surface area (Å²) >= 11 is 0. The maximum atomic E-state index is 13.6. The van der Waals surface area contributed by atoms with Gasteiger partial charge in [-0.05, 0) is 49.2 Å². The van der Waals surface area contributed by atoms with Crippen LogP contribution >= 0.6 is 0 Å². The van der Waals surface area contributed by atoms with Crippen LogP contribution in [0, 0.1) is 25.5 Å². The molecule has 0 bridgehead atoms. The predicted octanol–water partition coefficient (Wildman–Crippen LogP) is 3.66. The normalized spacial score (nSPS) is 12.2. The molecule has 0 amide bonds. The molecule has 106 valence electrons. The molecule has 1 unspecified atom stereocenters. The molecule has 0 aliphatic rings. The summed E-state index contributed by atoms with van der Waals surface area (Å²) in [7, 11) is 0. The lowest BCUT2D eigenvalue weighted by molar-refractivity contribution is 0.284. The van der Waals surface area contributed by atoms with Crippen LogP contribution in [0.2, 0.25) is 0 Å². The molecular weight excluding hydrogens is 260 g/mol. The molecule has 2 nitrogen and oxygen atoms in total. The number of nitrogens with two attached hydrogens (primary N) is 1. The van der Waals surface area contributed by atoms with Crippen LogP contribution in [0.25, 0.3) is 0 Å². The maximum Gasteiger partial charge on any atom is 0.131 e. The van der Waals surface area contributed by atoms with Crippen molar-refractivity contribution in [2.75, 3.05) is 6.61 Å². The number of benzene rings is 2. The van der Waals surface area contributed by atoms with Crippen molar-refractivity contribution in [2.45, 2.75) is 19.9 Å². The SMILES string of the molecule is Cc1ccc(OCC(N)c2c(F)cccc2F)cc1C. The van der Waals surface area contributed by atoms with E-state index in [0.29, 0.717) is 5.75 Å². The number of hydrogen-bond donors (Lipinski definition) is 1. The molecule has 0 aliphatic heterocycles. The van der Waals surface area contributed by atoms with Gasteiger partial charge in [0.15, 0.2) is 0 Å². The van der Waals surface area contributed by atoms with Gasteiger partial charge in [-0.15, -0.1) is 0 Å². The van der Waals surface area contributed by atoms with Gasteiger partial charge in [0.2, 0.25) is 0 Å². The van der Waals surface area contributed by atoms with Gasteiger partial charge < -0.3 is 10.5 Å². The first-order valence-corrected chi connectivity index (χ1v) is 6.38. The summed E-state index contributed by atoms with van der Waals surface area (Å²) in [4.78, 5) is 0. The number of rotatable bonds is 4. The largest absolute Gasteiger partial charge is 0.492 e. The van der Waals surface area contributed by atoms with Gasteiger partial charge in [0.25, 0.3) is 0 Å². The summed E-state index contributed by atoms with van der Waals surface area (Å²) in [5.74, 6) is -0.664. The number of halogens is 2. The summed E-state index contributed by atoms with van der Waals surface area (Å²) in [5, 5.41) is 0. The van der Waals surface area contributed by atoms with Crippen molar-refractivity contribution in [1.29, 1.82) is 0 Å². The highest BCUT2D eigenvalue weighted by molar-refractivity contribution is 5.34. The van der Waals surface area contributed by atoms with E-state index in [0.717, 1.165) is 11.1 Å². The molecule has 0 saturated heterocycles. The minimum Gasteiger partial charge on any atom is -0.492 e. The summed E-state index contributed by atoms with van der Waals surface area (Å²) in [6, 6.07) is 8.46. The van der Waals surface area contributed by atoms with Crippen LogP contribution in [0.4, 0.5) is 8.78 Å². The number of ether oxygens (including phenoxy) is 1. The van der Waals surface area contributed by atoms with E-state index in [2.05, 4.69) is 0 Å². The summed E-state index contributed by atoms with van der Waals surface area (Å²) in [6.45, 7) is 3.98. The zero-order chi connectivity index (χ0) is 14.7. The first-order valence-electron chi connectivity index (χ1n) is 6.38. The Balaban J connectivity index is 2.08. The van der Waals surface area contributed by atoms with Crippen molar-refractivity contribution >= 4 is 0 Å². The molecule has 2 rings (SSSR count). The van der Waals surface area contributed by atoms with E-state index in [1.807, 2.05) is 32.0 Å². The lowest BCUT2D eigenvalue weighted by Crippen LogP contribution is -2.21. The zero-order valence-electron chi connectivity index (χ0n) is 11.5. The van der Waals surface area contributed by atoms with Gasteiger partial charge in [-0.25, -0.2) is 8.78 Å². The van der Waals surface area contributed by atoms with Crippen LogP contribution in [-0.2, 0) is 0 Å². The van der Waals surface area contributed by atoms with Crippen LogP contribution < -0.4 is 10.5 Å². The van der Waals surface area contributed by atoms with E-state index in [1.165, 1.54) is 18.2 Å². The molecule has 1 atom stereocenters. The van der Waals surface area contributed by atoms with Crippen molar-refractivity contribution in [3.8, 4) is 5.75 Å². The molecule has 2 aromatic rings. The van der Waals surface area contributed by atoms with Crippen molar-refractivity contribution in [3.05, 3.63) is 64.7 Å². The standard InChI is InChI=1S/C16H17F2NO/c1-10-6-7-12(8-11(10)2)20-9-15(19)16-13(17)4-3-5-14(16)18/h3-8,15H,9,19H2,1-2H3. The third-order valence-electron chi connectivity index (χ3n) is 3.28. The van der Waals surface area contributed by atoms with Crippen LogP contribution in [0.1, 0.15) is 22.7 Å². The van der Waals surface area contributed by atoms with Crippen molar-refractivity contribution in [3.63, 3.8) is 0 Å². The van der Waals surface area contributed by atoms with E-state index in [4.69, 9.17) is 10.5 Å². The van der Waals surface area contributed by atoms with Gasteiger partial charge >= 0.3 is 0 Å². The fourth-order valence-corrected chi connectivity index (χ4v) is 1.94. The topological polar surface area (TPSA) is 35.2 Å². The molecule has 2 aromatic carbocycles. The monoisotopic (exact) mass is 277 g/mol. The summed E-state index contributed by atoms with van der Waals surface area (Å²) < 4.78 is 32.6. The van der Waals surface area contributed by atoms with Crippen molar-refractivity contribution < 1.29 is 13.5 Å². The van der Waals surface area contributed by atoms with Gasteiger partial charge in [-0.2, -0.15) is 0 Å². The molecule has 4 heteroatoms. The Morgan fingerprint density at radius 1 is 1.05 bits per heavy atom. The molecule has 0 aliphatic carbocycles. The Labute approximate surface area is 117 Å². The average Bonchev–Trinajstić information content (AvgIpc) is 2.40. The second-order valence-corrected chi connectivity index (χ2v) is 4.80. The van der Waals surface area contributed by atoms with E-state index in [-0.39, 0.29) is 12.2 Å². The van der Waals surface area contributed by atoms with Crippen molar-refractivity contribution in [2.24, 2.45) is 5.73 Å². The highest BCUT2D eigenvalue weighted by Crippen LogP contribution is 2.21. The van der Waals surface area contributed by atoms with Gasteiger partial charge in [-0.3, -0.25) is 0 Å². The fourth-order valence-electron chi connectivity index (χ4n) is 1.94. The highest BCUT2D eigenvalue weighted by atomic mass is 19.1. The molecule has 0 saturated carbocycles. The third-order valence-corrected chi connectivity index (χ3v) is 3.28. The molecular formula is C16H17F2NO. The third kappa shape index (κ3) is 3.14. The van der Waals surface area contributed by atoms with E-state index in [9.17, 15) is 8.78 Å². The van der Waals surface area contributed by atoms with E-state index < -0.39 is 17.7 Å². The first kappa shape index (κ1) is 14.5. The van der Waals surface area contributed by atoms with Gasteiger partial charge in [0.05, 0.1) is 6.04 Å². The Morgan fingerprint density at radius 2 is 1.70 bits per heavy atom. The predicted molar refractivity (Wildman–Crippen MR) is 74.7 cm³/mol. The Morgan fingerprint density at radius 3 is 2.30 bits per heavy atom. The van der Waals surface area contributed by atoms with Crippen LogP contribution in [0.15, 0.2) is 36.4 Å². The molecule has 20 heavy (non-hydrogen) atoms. The van der Waals surface area contributed by atoms with Gasteiger partial charge in [0, 0.05) is 5.56 Å². The Hall–Kier alpha value is -1.94. The molecule has 0 aromatic heterocycles. The van der Waals surface area contributed by atoms with Crippen LogP contribution in [0.3, 0.4) is 0 Å². The van der Waals surface area contributed by atoms with Crippen LogP contribution in [0.5, 0.6) is 5.75 Å². The number of hydrogen-bond acceptors (Lipinski definition) is 2. The quantitative estimate of drug-likeness (QED) is 0.925. The lowest BCUT2D eigenvalue weighted by Gasteiger charge is -2.15. The molecule has 2 N–H and O–H groups in total. The Bertz CT molecular complexity index is 593. The maximum absolute atomic E-state index is 13.6. The van der Waals surface area contributed by atoms with Crippen molar-refractivity contribution in [1.82, 2.24) is 0 Å². The minimum atomic E-state index is -0.849. The van der Waals surface area contributed by atoms with Gasteiger partial charge in [-0.1, -0.05) is 12.1 Å². The highest BCUT2D eigenvalue weighted by Gasteiger charge is 2.17. The molecule has 0 fully saturated rings. The minimum absolute atomic E-state index is 0.0142. The average molecular weight is 277 g/mol. The van der Waals surface area contributed by atoms with E-state index in [1.54, 1.807) is 0 Å². The van der Waals surface area contributed by atoms with Crippen LogP contribution in [-0.4, -0.2) is 6.61 Å². The Kier molecular flexibility index (Phi) is 4.35. The second-order valence-electron chi connectivity index (χ2n) is 4.80. The molecule has 0 heterocycles. The molecule has 0 radical (unpaired) electrons. The summed E-state index contributed by atoms with van der Waals surface area (Å²) in [6.07, 6.45) is 0. The summed E-state index contributed by atoms with van der Waals surface area (Å²) in [5.41, 5.74) is 7.91. The number of aryl methyl sites for hydroxylation is 2. The first-order chi connectivity index (χ1) is 9.49. The second kappa shape index (κ2) is 6.01. The zero-order valence-corrected chi connectivity index (χ0v) is 11.5. The smallest absolute Gasteiger partial charge is 0.131 e. The van der Waals surface area contributed by atoms with E-state index >= 15 is 0 Å². The fraction of sp³-hybridized carbons (Fsp3) is 0.250. The lowest BCUT2D eigenvalue weighted by atomic mass is 10.1.